The molecular formula is C19H21N3O4S. The van der Waals surface area contributed by atoms with Crippen LogP contribution in [0, 0.1) is 11.3 Å². The summed E-state index contributed by atoms with van der Waals surface area (Å²) in [4.78, 5) is 16.5. The van der Waals surface area contributed by atoms with Gasteiger partial charge in [-0.15, -0.1) is 11.8 Å². The molecule has 8 heteroatoms. The van der Waals surface area contributed by atoms with E-state index >= 15 is 0 Å². The fourth-order valence-electron chi connectivity index (χ4n) is 2.13. The van der Waals surface area contributed by atoms with Crippen molar-refractivity contribution in [3.8, 4) is 17.5 Å². The summed E-state index contributed by atoms with van der Waals surface area (Å²) in [5, 5.41) is 12.8. The third-order valence-electron chi connectivity index (χ3n) is 3.41. The molecule has 27 heavy (non-hydrogen) atoms. The van der Waals surface area contributed by atoms with Crippen molar-refractivity contribution in [3.05, 3.63) is 52.9 Å². The maximum absolute atomic E-state index is 12.1. The first-order valence-corrected chi connectivity index (χ1v) is 9.59. The van der Waals surface area contributed by atoms with E-state index in [2.05, 4.69) is 10.3 Å². The molecule has 0 atom stereocenters. The van der Waals surface area contributed by atoms with E-state index in [1.54, 1.807) is 12.5 Å². The second-order valence-electron chi connectivity index (χ2n) is 5.22. The van der Waals surface area contributed by atoms with Crippen LogP contribution in [0.15, 0.2) is 51.6 Å². The maximum Gasteiger partial charge on any atom is 0.351 e. The van der Waals surface area contributed by atoms with Gasteiger partial charge in [0.15, 0.2) is 5.57 Å². The molecule has 2 rings (SSSR count). The molecule has 0 saturated heterocycles. The second-order valence-corrected chi connectivity index (χ2v) is 6.03. The van der Waals surface area contributed by atoms with Crippen molar-refractivity contribution in [2.24, 2.45) is 0 Å². The van der Waals surface area contributed by atoms with Gasteiger partial charge in [0.1, 0.15) is 18.9 Å². The van der Waals surface area contributed by atoms with E-state index in [0.717, 1.165) is 5.56 Å². The van der Waals surface area contributed by atoms with Crippen molar-refractivity contribution in [2.45, 2.75) is 13.5 Å². The van der Waals surface area contributed by atoms with Gasteiger partial charge >= 0.3 is 5.97 Å². The lowest BCUT2D eigenvalue weighted by Gasteiger charge is -2.10. The predicted molar refractivity (Wildman–Crippen MR) is 102 cm³/mol. The zero-order valence-electron chi connectivity index (χ0n) is 15.2. The van der Waals surface area contributed by atoms with Crippen molar-refractivity contribution >= 4 is 17.7 Å². The topological polar surface area (TPSA) is 97.4 Å². The van der Waals surface area contributed by atoms with Crippen LogP contribution < -0.4 is 5.32 Å². The standard InChI is InChI=1S/C19H21N3O4S/c1-3-24-9-10-25-19(23)16(11-20)18(27-2)21-12-15-13-26-17(22-15)14-7-5-4-6-8-14/h4-8,13,21H,3,9-10,12H2,1-2H3/b18-16+. The molecule has 0 radical (unpaired) electrons. The van der Waals surface area contributed by atoms with Crippen LogP contribution in [0.5, 0.6) is 0 Å². The average molecular weight is 387 g/mol. The third-order valence-corrected chi connectivity index (χ3v) is 4.17. The molecule has 142 valence electrons. The maximum atomic E-state index is 12.1. The van der Waals surface area contributed by atoms with Gasteiger partial charge in [-0.25, -0.2) is 9.78 Å². The van der Waals surface area contributed by atoms with Gasteiger partial charge in [0.25, 0.3) is 0 Å². The Balaban J connectivity index is 2.00. The molecule has 2 aromatic rings. The number of nitriles is 1. The number of thioether (sulfide) groups is 1. The highest BCUT2D eigenvalue weighted by molar-refractivity contribution is 8.02. The van der Waals surface area contributed by atoms with Crippen LogP contribution in [0.1, 0.15) is 12.6 Å². The van der Waals surface area contributed by atoms with Gasteiger partial charge in [-0.2, -0.15) is 5.26 Å². The smallest absolute Gasteiger partial charge is 0.351 e. The number of esters is 1. The number of aromatic nitrogens is 1. The summed E-state index contributed by atoms with van der Waals surface area (Å²) < 4.78 is 15.7. The summed E-state index contributed by atoms with van der Waals surface area (Å²) in [5.41, 5.74) is 1.45. The molecule has 1 aromatic carbocycles. The molecule has 0 bridgehead atoms. The van der Waals surface area contributed by atoms with E-state index in [0.29, 0.717) is 36.4 Å². The molecule has 0 fully saturated rings. The Hall–Kier alpha value is -2.76. The highest BCUT2D eigenvalue weighted by Gasteiger charge is 2.17. The molecule has 0 aliphatic rings. The first kappa shape index (κ1) is 20.6. The first-order chi connectivity index (χ1) is 13.2. The van der Waals surface area contributed by atoms with E-state index in [4.69, 9.17) is 13.9 Å². The van der Waals surface area contributed by atoms with E-state index in [1.807, 2.05) is 43.3 Å². The van der Waals surface area contributed by atoms with Crippen molar-refractivity contribution in [1.29, 1.82) is 5.26 Å². The minimum atomic E-state index is -0.681. The highest BCUT2D eigenvalue weighted by atomic mass is 32.2. The number of hydrogen-bond acceptors (Lipinski definition) is 8. The van der Waals surface area contributed by atoms with Crippen LogP contribution >= 0.6 is 11.8 Å². The van der Waals surface area contributed by atoms with Gasteiger partial charge in [0.2, 0.25) is 5.89 Å². The number of rotatable bonds is 10. The monoisotopic (exact) mass is 387 g/mol. The molecular weight excluding hydrogens is 366 g/mol. The highest BCUT2D eigenvalue weighted by Crippen LogP contribution is 2.19. The van der Waals surface area contributed by atoms with Crippen LogP contribution in [-0.2, 0) is 20.8 Å². The summed E-state index contributed by atoms with van der Waals surface area (Å²) >= 11 is 1.25. The van der Waals surface area contributed by atoms with Crippen LogP contribution in [-0.4, -0.2) is 37.0 Å². The van der Waals surface area contributed by atoms with Crippen molar-refractivity contribution in [3.63, 3.8) is 0 Å². The normalized spacial score (nSPS) is 11.4. The minimum Gasteiger partial charge on any atom is -0.459 e. The molecule has 1 N–H and O–H groups in total. The molecule has 1 aromatic heterocycles. The summed E-state index contributed by atoms with van der Waals surface area (Å²) in [6, 6.07) is 11.4. The zero-order valence-corrected chi connectivity index (χ0v) is 16.0. The fraction of sp³-hybridized carbons (Fsp3) is 0.316. The van der Waals surface area contributed by atoms with Gasteiger partial charge in [-0.1, -0.05) is 18.2 Å². The van der Waals surface area contributed by atoms with Gasteiger partial charge < -0.3 is 19.2 Å². The van der Waals surface area contributed by atoms with E-state index in [1.165, 1.54) is 11.8 Å². The largest absolute Gasteiger partial charge is 0.459 e. The van der Waals surface area contributed by atoms with Crippen molar-refractivity contribution < 1.29 is 18.7 Å². The Bertz CT molecular complexity index is 812. The number of oxazole rings is 1. The van der Waals surface area contributed by atoms with Gasteiger partial charge in [0, 0.05) is 12.2 Å². The number of carbonyl (C=O) groups is 1. The van der Waals surface area contributed by atoms with Gasteiger partial charge in [-0.3, -0.25) is 0 Å². The molecule has 1 heterocycles. The van der Waals surface area contributed by atoms with Crippen molar-refractivity contribution in [2.75, 3.05) is 26.1 Å². The number of nitrogens with zero attached hydrogens (tertiary/aromatic N) is 2. The van der Waals surface area contributed by atoms with Crippen molar-refractivity contribution in [1.82, 2.24) is 10.3 Å². The Labute approximate surface area is 162 Å². The zero-order chi connectivity index (χ0) is 19.5. The number of hydrogen-bond donors (Lipinski definition) is 1. The van der Waals surface area contributed by atoms with Gasteiger partial charge in [-0.05, 0) is 25.3 Å². The molecule has 7 nitrogen and oxygen atoms in total. The molecule has 0 aliphatic carbocycles. The number of carbonyl (C=O) groups excluding carboxylic acids is 1. The molecule has 0 unspecified atom stereocenters. The molecule has 0 spiro atoms. The van der Waals surface area contributed by atoms with Gasteiger partial charge in [0.05, 0.1) is 23.9 Å². The Kier molecular flexibility index (Phi) is 8.42. The number of ether oxygens (including phenoxy) is 2. The number of benzene rings is 1. The summed E-state index contributed by atoms with van der Waals surface area (Å²) in [6.45, 7) is 3.10. The average Bonchev–Trinajstić information content (AvgIpc) is 3.18. The Morgan fingerprint density at radius 2 is 2.11 bits per heavy atom. The number of nitrogens with one attached hydrogen (secondary N) is 1. The molecule has 0 aliphatic heterocycles. The second kappa shape index (κ2) is 11.1. The van der Waals surface area contributed by atoms with Crippen LogP contribution in [0.4, 0.5) is 0 Å². The minimum absolute atomic E-state index is 0.0780. The lowest BCUT2D eigenvalue weighted by Crippen LogP contribution is -2.19. The molecule has 0 saturated carbocycles. The summed E-state index contributed by atoms with van der Waals surface area (Å²) in [5.74, 6) is -0.169. The SMILES string of the molecule is CCOCCOC(=O)/C(C#N)=C(\NCc1coc(-c2ccccc2)n1)SC. The summed E-state index contributed by atoms with van der Waals surface area (Å²) in [7, 11) is 0. The summed E-state index contributed by atoms with van der Waals surface area (Å²) in [6.07, 6.45) is 3.31. The predicted octanol–water partition coefficient (Wildman–Crippen LogP) is 3.11. The fourth-order valence-corrected chi connectivity index (χ4v) is 2.68. The quantitative estimate of drug-likeness (QED) is 0.287. The van der Waals surface area contributed by atoms with E-state index < -0.39 is 5.97 Å². The lowest BCUT2D eigenvalue weighted by atomic mass is 10.2. The lowest BCUT2D eigenvalue weighted by molar-refractivity contribution is -0.140. The van der Waals surface area contributed by atoms with E-state index in [9.17, 15) is 10.1 Å². The van der Waals surface area contributed by atoms with Crippen LogP contribution in [0.25, 0.3) is 11.5 Å². The molecule has 0 amide bonds. The Morgan fingerprint density at radius 3 is 2.78 bits per heavy atom. The van der Waals surface area contributed by atoms with Crippen LogP contribution in [0.2, 0.25) is 0 Å². The Morgan fingerprint density at radius 1 is 1.33 bits per heavy atom. The third kappa shape index (κ3) is 6.16. The van der Waals surface area contributed by atoms with E-state index in [-0.39, 0.29) is 12.2 Å². The van der Waals surface area contributed by atoms with Crippen LogP contribution in [0.3, 0.4) is 0 Å². The first-order valence-electron chi connectivity index (χ1n) is 8.36.